The first-order chi connectivity index (χ1) is 14.0. The van der Waals surface area contributed by atoms with Gasteiger partial charge < -0.3 is 10.2 Å². The molecule has 0 aliphatic carbocycles. The molecule has 2 amide bonds. The van der Waals surface area contributed by atoms with Gasteiger partial charge in [-0.3, -0.25) is 14.6 Å². The van der Waals surface area contributed by atoms with E-state index in [2.05, 4.69) is 15.3 Å². The topological polar surface area (TPSA) is 75.2 Å². The van der Waals surface area contributed by atoms with Crippen LogP contribution in [0.15, 0.2) is 67.1 Å². The average molecular weight is 429 g/mol. The highest BCUT2D eigenvalue weighted by atomic mass is 35.5. The molecule has 0 saturated heterocycles. The second kappa shape index (κ2) is 10.0. The summed E-state index contributed by atoms with van der Waals surface area (Å²) in [6.07, 6.45) is 4.98. The van der Waals surface area contributed by atoms with Crippen LogP contribution in [-0.4, -0.2) is 33.2 Å². The van der Waals surface area contributed by atoms with E-state index < -0.39 is 0 Å². The Morgan fingerprint density at radius 1 is 0.966 bits per heavy atom. The molecule has 0 atom stereocenters. The van der Waals surface area contributed by atoms with Gasteiger partial charge in [0.15, 0.2) is 0 Å². The first-order valence-electron chi connectivity index (χ1n) is 8.82. The molecule has 0 unspecified atom stereocenters. The number of pyridine rings is 2. The number of anilines is 1. The molecule has 0 aliphatic rings. The Hall–Kier alpha value is -2.96. The Labute approximate surface area is 178 Å². The van der Waals surface area contributed by atoms with Crippen LogP contribution in [0.5, 0.6) is 0 Å². The summed E-state index contributed by atoms with van der Waals surface area (Å²) in [5, 5.41) is 3.71. The Kier molecular flexibility index (Phi) is 7.16. The summed E-state index contributed by atoms with van der Waals surface area (Å²) in [6, 6.07) is 13.8. The summed E-state index contributed by atoms with van der Waals surface area (Å²) in [5.74, 6) is -0.511. The normalized spacial score (nSPS) is 10.4. The van der Waals surface area contributed by atoms with Crippen molar-refractivity contribution in [3.05, 3.63) is 88.4 Å². The highest BCUT2D eigenvalue weighted by Gasteiger charge is 2.18. The number of nitrogens with one attached hydrogen (secondary N) is 1. The molecule has 0 aliphatic heterocycles. The van der Waals surface area contributed by atoms with Crippen LogP contribution in [0.25, 0.3) is 0 Å². The molecule has 2 aromatic heterocycles. The third kappa shape index (κ3) is 6.55. The fraction of sp³-hybridized carbons (Fsp3) is 0.143. The molecule has 0 saturated carbocycles. The van der Waals surface area contributed by atoms with E-state index in [0.717, 1.165) is 5.56 Å². The molecular formula is C21H18Cl2N4O2. The summed E-state index contributed by atoms with van der Waals surface area (Å²) >= 11 is 11.7. The Morgan fingerprint density at radius 3 is 2.41 bits per heavy atom. The van der Waals surface area contributed by atoms with Crippen LogP contribution in [-0.2, 0) is 22.6 Å². The van der Waals surface area contributed by atoms with E-state index in [1.165, 1.54) is 4.90 Å². The van der Waals surface area contributed by atoms with Crippen molar-refractivity contribution >= 4 is 40.7 Å². The highest BCUT2D eigenvalue weighted by molar-refractivity contribution is 6.30. The van der Waals surface area contributed by atoms with E-state index in [-0.39, 0.29) is 31.3 Å². The number of carbonyl (C=O) groups is 2. The number of aromatic nitrogens is 2. The number of rotatable bonds is 7. The summed E-state index contributed by atoms with van der Waals surface area (Å²) in [6.45, 7) is 0.166. The molecule has 3 aromatic rings. The predicted molar refractivity (Wildman–Crippen MR) is 113 cm³/mol. The Bertz CT molecular complexity index is 964. The van der Waals surface area contributed by atoms with Gasteiger partial charge in [0.05, 0.1) is 6.42 Å². The Balaban J connectivity index is 1.71. The van der Waals surface area contributed by atoms with Crippen molar-refractivity contribution in [3.8, 4) is 0 Å². The number of benzene rings is 1. The van der Waals surface area contributed by atoms with Gasteiger partial charge in [-0.2, -0.15) is 0 Å². The molecule has 29 heavy (non-hydrogen) atoms. The van der Waals surface area contributed by atoms with E-state index in [1.54, 1.807) is 61.1 Å². The van der Waals surface area contributed by atoms with Crippen LogP contribution in [0.3, 0.4) is 0 Å². The highest BCUT2D eigenvalue weighted by Crippen LogP contribution is 2.14. The van der Waals surface area contributed by atoms with Gasteiger partial charge in [0.2, 0.25) is 11.8 Å². The lowest BCUT2D eigenvalue weighted by molar-refractivity contribution is -0.134. The van der Waals surface area contributed by atoms with Gasteiger partial charge in [0.25, 0.3) is 0 Å². The third-order valence-corrected chi connectivity index (χ3v) is 4.53. The molecule has 1 aromatic carbocycles. The first kappa shape index (κ1) is 20.8. The smallest absolute Gasteiger partial charge is 0.244 e. The van der Waals surface area contributed by atoms with E-state index in [0.29, 0.717) is 21.4 Å². The van der Waals surface area contributed by atoms with Gasteiger partial charge in [-0.1, -0.05) is 35.3 Å². The van der Waals surface area contributed by atoms with Crippen molar-refractivity contribution in [1.29, 1.82) is 0 Å². The molecule has 3 rings (SSSR count). The van der Waals surface area contributed by atoms with Gasteiger partial charge in [-0.15, -0.1) is 0 Å². The summed E-state index contributed by atoms with van der Waals surface area (Å²) in [7, 11) is 0. The molecule has 0 fully saturated rings. The number of nitrogens with zero attached hydrogens (tertiary/aromatic N) is 3. The van der Waals surface area contributed by atoms with Crippen LogP contribution in [0.1, 0.15) is 11.1 Å². The van der Waals surface area contributed by atoms with Gasteiger partial charge in [0, 0.05) is 35.8 Å². The summed E-state index contributed by atoms with van der Waals surface area (Å²) in [4.78, 5) is 34.9. The standard InChI is InChI=1S/C21H18Cl2N4O2/c22-17-4-6-18(7-5-17)26-20(28)14-27(13-16-2-1-9-24-11-16)21(29)10-15-3-8-19(23)25-12-15/h1-9,11-12H,10,13-14H2,(H,26,28). The van der Waals surface area contributed by atoms with Crippen molar-refractivity contribution in [1.82, 2.24) is 14.9 Å². The fourth-order valence-electron chi connectivity index (χ4n) is 2.65. The number of carbonyl (C=O) groups excluding carboxylic acids is 2. The van der Waals surface area contributed by atoms with Crippen molar-refractivity contribution in [2.75, 3.05) is 11.9 Å². The number of hydrogen-bond donors (Lipinski definition) is 1. The Morgan fingerprint density at radius 2 is 1.76 bits per heavy atom. The van der Waals surface area contributed by atoms with Crippen LogP contribution >= 0.6 is 23.2 Å². The zero-order chi connectivity index (χ0) is 20.6. The quantitative estimate of drug-likeness (QED) is 0.577. The zero-order valence-corrected chi connectivity index (χ0v) is 16.9. The maximum atomic E-state index is 12.9. The molecule has 6 nitrogen and oxygen atoms in total. The maximum absolute atomic E-state index is 12.9. The van der Waals surface area contributed by atoms with Gasteiger partial charge >= 0.3 is 0 Å². The lowest BCUT2D eigenvalue weighted by Crippen LogP contribution is -2.38. The SMILES string of the molecule is O=C(CN(Cc1cccnc1)C(=O)Cc1ccc(Cl)nc1)Nc1ccc(Cl)cc1. The van der Waals surface area contributed by atoms with Crippen molar-refractivity contribution in [2.45, 2.75) is 13.0 Å². The number of halogens is 2. The first-order valence-corrected chi connectivity index (χ1v) is 9.58. The zero-order valence-electron chi connectivity index (χ0n) is 15.4. The average Bonchev–Trinajstić information content (AvgIpc) is 2.72. The van der Waals surface area contributed by atoms with E-state index in [9.17, 15) is 9.59 Å². The van der Waals surface area contributed by atoms with Crippen LogP contribution in [0, 0.1) is 0 Å². The van der Waals surface area contributed by atoms with Gasteiger partial charge in [-0.25, -0.2) is 4.98 Å². The van der Waals surface area contributed by atoms with E-state index >= 15 is 0 Å². The lowest BCUT2D eigenvalue weighted by Gasteiger charge is -2.22. The van der Waals surface area contributed by atoms with Crippen LogP contribution in [0.4, 0.5) is 5.69 Å². The number of hydrogen-bond acceptors (Lipinski definition) is 4. The third-order valence-electron chi connectivity index (χ3n) is 4.06. The van der Waals surface area contributed by atoms with E-state index in [1.807, 2.05) is 6.07 Å². The molecule has 0 spiro atoms. The molecule has 0 radical (unpaired) electrons. The molecule has 0 bridgehead atoms. The second-order valence-electron chi connectivity index (χ2n) is 6.33. The number of amides is 2. The minimum atomic E-state index is -0.307. The summed E-state index contributed by atoms with van der Waals surface area (Å²) in [5.41, 5.74) is 2.15. The summed E-state index contributed by atoms with van der Waals surface area (Å²) < 4.78 is 0. The minimum absolute atomic E-state index is 0.0998. The van der Waals surface area contributed by atoms with Crippen LogP contribution in [0.2, 0.25) is 10.2 Å². The van der Waals surface area contributed by atoms with Crippen molar-refractivity contribution in [2.24, 2.45) is 0 Å². The largest absolute Gasteiger partial charge is 0.329 e. The molecule has 2 heterocycles. The fourth-order valence-corrected chi connectivity index (χ4v) is 2.89. The molecule has 1 N–H and O–H groups in total. The van der Waals surface area contributed by atoms with Crippen molar-refractivity contribution in [3.63, 3.8) is 0 Å². The monoisotopic (exact) mass is 428 g/mol. The minimum Gasteiger partial charge on any atom is -0.329 e. The molecular weight excluding hydrogens is 411 g/mol. The second-order valence-corrected chi connectivity index (χ2v) is 7.16. The van der Waals surface area contributed by atoms with E-state index in [4.69, 9.17) is 23.2 Å². The van der Waals surface area contributed by atoms with Gasteiger partial charge in [-0.05, 0) is 47.5 Å². The van der Waals surface area contributed by atoms with Gasteiger partial charge in [0.1, 0.15) is 11.7 Å². The predicted octanol–water partition coefficient (Wildman–Crippen LogP) is 3.99. The lowest BCUT2D eigenvalue weighted by atomic mass is 10.1. The molecule has 8 heteroatoms. The van der Waals surface area contributed by atoms with Crippen LogP contribution < -0.4 is 5.32 Å². The maximum Gasteiger partial charge on any atom is 0.244 e. The molecule has 148 valence electrons. The van der Waals surface area contributed by atoms with Crippen molar-refractivity contribution < 1.29 is 9.59 Å².